The first-order valence-corrected chi connectivity index (χ1v) is 11.2. The molecule has 1 heterocycles. The first kappa shape index (κ1) is 23.5. The van der Waals surface area contributed by atoms with Crippen LogP contribution in [-0.4, -0.2) is 54.4 Å². The van der Waals surface area contributed by atoms with Crippen LogP contribution in [0.25, 0.3) is 10.9 Å². The Morgan fingerprint density at radius 3 is 2.41 bits per heavy atom. The summed E-state index contributed by atoms with van der Waals surface area (Å²) in [5, 5.41) is 7.32. The van der Waals surface area contributed by atoms with Crippen molar-refractivity contribution < 1.29 is 9.59 Å². The second kappa shape index (κ2) is 11.0. The van der Waals surface area contributed by atoms with Crippen molar-refractivity contribution in [3.8, 4) is 0 Å². The maximum absolute atomic E-state index is 13.2. The molecule has 3 N–H and O–H groups in total. The second-order valence-corrected chi connectivity index (χ2v) is 8.57. The van der Waals surface area contributed by atoms with Gasteiger partial charge in [-0.2, -0.15) is 0 Å². The summed E-state index contributed by atoms with van der Waals surface area (Å²) in [7, 11) is 3.51. The molecule has 0 fully saturated rings. The monoisotopic (exact) mass is 434 g/mol. The average Bonchev–Trinajstić information content (AvgIpc) is 3.21. The number of nitrogens with zero attached hydrogens (tertiary/aromatic N) is 1. The van der Waals surface area contributed by atoms with E-state index in [1.165, 1.54) is 10.9 Å². The van der Waals surface area contributed by atoms with Crippen molar-refractivity contribution in [3.63, 3.8) is 0 Å². The van der Waals surface area contributed by atoms with Crippen LogP contribution in [0.5, 0.6) is 0 Å². The molecule has 0 saturated carbocycles. The fourth-order valence-electron chi connectivity index (χ4n) is 4.13. The van der Waals surface area contributed by atoms with Gasteiger partial charge in [0.1, 0.15) is 6.04 Å². The number of benzene rings is 2. The zero-order chi connectivity index (χ0) is 23.1. The average molecular weight is 435 g/mol. The van der Waals surface area contributed by atoms with E-state index in [1.807, 2.05) is 68.6 Å². The lowest BCUT2D eigenvalue weighted by atomic mass is 9.99. The largest absolute Gasteiger partial charge is 0.361 e. The predicted molar refractivity (Wildman–Crippen MR) is 129 cm³/mol. The van der Waals surface area contributed by atoms with Crippen LogP contribution in [-0.2, 0) is 22.4 Å². The summed E-state index contributed by atoms with van der Waals surface area (Å²) < 4.78 is 0. The van der Waals surface area contributed by atoms with Gasteiger partial charge in [0.2, 0.25) is 11.8 Å². The van der Waals surface area contributed by atoms with Gasteiger partial charge >= 0.3 is 0 Å². The summed E-state index contributed by atoms with van der Waals surface area (Å²) in [5.41, 5.74) is 3.28. The molecule has 2 amide bonds. The highest BCUT2D eigenvalue weighted by molar-refractivity contribution is 5.90. The van der Waals surface area contributed by atoms with Crippen LogP contribution in [0.3, 0.4) is 0 Å². The van der Waals surface area contributed by atoms with Crippen LogP contribution in [0, 0.1) is 5.92 Å². The number of aromatic nitrogens is 1. The zero-order valence-corrected chi connectivity index (χ0v) is 19.4. The van der Waals surface area contributed by atoms with E-state index in [2.05, 4.69) is 21.7 Å². The Morgan fingerprint density at radius 1 is 1.03 bits per heavy atom. The molecule has 32 heavy (non-hydrogen) atoms. The van der Waals surface area contributed by atoms with E-state index in [9.17, 15) is 9.59 Å². The number of para-hydroxylation sites is 1. The number of H-pyrrole nitrogens is 1. The summed E-state index contributed by atoms with van der Waals surface area (Å²) >= 11 is 0. The Balaban J connectivity index is 1.71. The van der Waals surface area contributed by atoms with Crippen molar-refractivity contribution in [1.29, 1.82) is 0 Å². The molecule has 2 aromatic carbocycles. The highest BCUT2D eigenvalue weighted by atomic mass is 16.2. The van der Waals surface area contributed by atoms with Crippen LogP contribution in [0.1, 0.15) is 25.0 Å². The Labute approximate surface area is 190 Å². The van der Waals surface area contributed by atoms with Crippen LogP contribution in [0.2, 0.25) is 0 Å². The summed E-state index contributed by atoms with van der Waals surface area (Å²) in [5.74, 6) is -0.0874. The van der Waals surface area contributed by atoms with Gasteiger partial charge in [0, 0.05) is 37.1 Å². The van der Waals surface area contributed by atoms with Gasteiger partial charge in [-0.1, -0.05) is 62.4 Å². The van der Waals surface area contributed by atoms with Gasteiger partial charge in [-0.15, -0.1) is 0 Å². The number of likely N-dealkylation sites (N-methyl/N-ethyl adjacent to an activating group) is 2. The van der Waals surface area contributed by atoms with E-state index in [-0.39, 0.29) is 23.8 Å². The lowest BCUT2D eigenvalue weighted by Gasteiger charge is -2.32. The zero-order valence-electron chi connectivity index (χ0n) is 19.4. The fraction of sp³-hybridized carbons (Fsp3) is 0.385. The minimum absolute atomic E-state index is 0.0739. The maximum atomic E-state index is 13.2. The van der Waals surface area contributed by atoms with Gasteiger partial charge in [0.15, 0.2) is 0 Å². The molecule has 0 spiro atoms. The summed E-state index contributed by atoms with van der Waals surface area (Å²) in [4.78, 5) is 31.2. The first-order chi connectivity index (χ1) is 15.4. The van der Waals surface area contributed by atoms with Crippen LogP contribution < -0.4 is 10.6 Å². The van der Waals surface area contributed by atoms with Gasteiger partial charge in [0.05, 0.1) is 6.04 Å². The molecule has 2 atom stereocenters. The molecule has 0 aliphatic heterocycles. The SMILES string of the molecule is CN[C@H](C(=O)N(C)[C@@H](Cc1ccccc1)C(=O)NCCc1c[nH]c2ccccc12)C(C)C. The molecular formula is C26H34N4O2. The van der Waals surface area contributed by atoms with E-state index in [4.69, 9.17) is 0 Å². The predicted octanol–water partition coefficient (Wildman–Crippen LogP) is 3.14. The number of carbonyl (C=O) groups is 2. The molecule has 0 radical (unpaired) electrons. The third kappa shape index (κ3) is 5.56. The minimum Gasteiger partial charge on any atom is -0.361 e. The van der Waals surface area contributed by atoms with Crippen molar-refractivity contribution in [1.82, 2.24) is 20.5 Å². The number of hydrogen-bond acceptors (Lipinski definition) is 3. The molecule has 0 saturated heterocycles. The van der Waals surface area contributed by atoms with Gasteiger partial charge in [0.25, 0.3) is 0 Å². The number of carbonyl (C=O) groups excluding carboxylic acids is 2. The highest BCUT2D eigenvalue weighted by Gasteiger charge is 2.32. The summed E-state index contributed by atoms with van der Waals surface area (Å²) in [6.45, 7) is 4.51. The van der Waals surface area contributed by atoms with Crippen LogP contribution >= 0.6 is 0 Å². The van der Waals surface area contributed by atoms with Crippen molar-refractivity contribution in [2.45, 2.75) is 38.8 Å². The topological polar surface area (TPSA) is 77.2 Å². The van der Waals surface area contributed by atoms with Crippen molar-refractivity contribution in [3.05, 3.63) is 71.9 Å². The third-order valence-electron chi connectivity index (χ3n) is 6.00. The molecular weight excluding hydrogens is 400 g/mol. The smallest absolute Gasteiger partial charge is 0.243 e. The van der Waals surface area contributed by atoms with Crippen LogP contribution in [0.4, 0.5) is 0 Å². The molecule has 0 aliphatic rings. The fourth-order valence-corrected chi connectivity index (χ4v) is 4.13. The summed E-state index contributed by atoms with van der Waals surface area (Å²) in [6.07, 6.45) is 3.18. The lowest BCUT2D eigenvalue weighted by Crippen LogP contribution is -2.55. The molecule has 6 nitrogen and oxygen atoms in total. The van der Waals surface area contributed by atoms with Gasteiger partial charge in [-0.25, -0.2) is 0 Å². The molecule has 0 bridgehead atoms. The number of rotatable bonds is 10. The Kier molecular flexibility index (Phi) is 8.06. The van der Waals surface area contributed by atoms with Crippen LogP contribution in [0.15, 0.2) is 60.8 Å². The van der Waals surface area contributed by atoms with Gasteiger partial charge in [-0.05, 0) is 36.6 Å². The Hall–Kier alpha value is -3.12. The quantitative estimate of drug-likeness (QED) is 0.459. The molecule has 6 heteroatoms. The van der Waals surface area contributed by atoms with Crippen molar-refractivity contribution >= 4 is 22.7 Å². The lowest BCUT2D eigenvalue weighted by molar-refractivity contribution is -0.141. The van der Waals surface area contributed by atoms with Gasteiger partial charge < -0.3 is 20.5 Å². The van der Waals surface area contributed by atoms with E-state index < -0.39 is 6.04 Å². The molecule has 0 unspecified atom stereocenters. The molecule has 3 aromatic rings. The number of aromatic amines is 1. The minimum atomic E-state index is -0.581. The highest BCUT2D eigenvalue weighted by Crippen LogP contribution is 2.18. The van der Waals surface area contributed by atoms with E-state index in [0.717, 1.165) is 17.5 Å². The molecule has 3 rings (SSSR count). The van der Waals surface area contributed by atoms with E-state index in [0.29, 0.717) is 13.0 Å². The van der Waals surface area contributed by atoms with E-state index >= 15 is 0 Å². The van der Waals surface area contributed by atoms with E-state index in [1.54, 1.807) is 19.0 Å². The number of nitrogens with one attached hydrogen (secondary N) is 3. The van der Waals surface area contributed by atoms with Crippen molar-refractivity contribution in [2.24, 2.45) is 5.92 Å². The number of amides is 2. The third-order valence-corrected chi connectivity index (χ3v) is 6.00. The Bertz CT molecular complexity index is 1030. The number of hydrogen-bond donors (Lipinski definition) is 3. The number of fused-ring (bicyclic) bond motifs is 1. The first-order valence-electron chi connectivity index (χ1n) is 11.2. The molecule has 0 aliphatic carbocycles. The normalized spacial score (nSPS) is 13.2. The summed E-state index contributed by atoms with van der Waals surface area (Å²) in [6, 6.07) is 17.1. The molecule has 1 aromatic heterocycles. The van der Waals surface area contributed by atoms with Crippen molar-refractivity contribution in [2.75, 3.05) is 20.6 Å². The second-order valence-electron chi connectivity index (χ2n) is 8.57. The molecule has 170 valence electrons. The standard InChI is InChI=1S/C26H34N4O2/c1-18(2)24(27-3)26(32)30(4)23(16-19-10-6-5-7-11-19)25(31)28-15-14-20-17-29-22-13-9-8-12-21(20)22/h5-13,17-18,23-24,27,29H,14-16H2,1-4H3,(H,28,31)/t23-,24-/m0/s1. The van der Waals surface area contributed by atoms with Gasteiger partial charge in [-0.3, -0.25) is 9.59 Å². The Morgan fingerprint density at radius 2 is 1.72 bits per heavy atom. The maximum Gasteiger partial charge on any atom is 0.243 e.